The number of benzene rings is 2. The zero-order chi connectivity index (χ0) is 23.7. The molecule has 1 spiro atoms. The lowest BCUT2D eigenvalue weighted by Crippen LogP contribution is -2.58. The van der Waals surface area contributed by atoms with E-state index >= 15 is 0 Å². The third-order valence-corrected chi connectivity index (χ3v) is 8.59. The van der Waals surface area contributed by atoms with E-state index in [0.717, 1.165) is 45.9 Å². The number of hydrogen-bond donors (Lipinski definition) is 1. The molecule has 1 aromatic heterocycles. The summed E-state index contributed by atoms with van der Waals surface area (Å²) in [4.78, 5) is 29.2. The van der Waals surface area contributed by atoms with Crippen molar-refractivity contribution in [2.45, 2.75) is 42.5 Å². The van der Waals surface area contributed by atoms with Crippen LogP contribution >= 0.6 is 11.8 Å². The number of ether oxygens (including phenoxy) is 1. The Balaban J connectivity index is 0.00000240. The summed E-state index contributed by atoms with van der Waals surface area (Å²) >= 11 is 1.78. The summed E-state index contributed by atoms with van der Waals surface area (Å²) in [6.07, 6.45) is 7.30. The number of fused-ring (bicyclic) bond motifs is 8. The molecule has 2 aromatic carbocycles. The lowest BCUT2D eigenvalue weighted by Gasteiger charge is -2.46. The van der Waals surface area contributed by atoms with Gasteiger partial charge in [0.1, 0.15) is 25.1 Å². The Labute approximate surface area is 213 Å². The van der Waals surface area contributed by atoms with Gasteiger partial charge in [-0.3, -0.25) is 19.3 Å². The Morgan fingerprint density at radius 1 is 1.06 bits per heavy atom. The fraction of sp³-hybridized carbons (Fsp3) is 0.286. The van der Waals surface area contributed by atoms with Gasteiger partial charge in [0, 0.05) is 28.5 Å². The molecule has 8 heteroatoms. The number of thioether (sulfide) groups is 1. The first-order chi connectivity index (χ1) is 17.1. The zero-order valence-electron chi connectivity index (χ0n) is 18.9. The first-order valence-electron chi connectivity index (χ1n) is 11.7. The number of aromatic nitrogens is 1. The second-order valence-electron chi connectivity index (χ2n) is 9.41. The molecule has 7 nitrogen and oxygen atoms in total. The quantitative estimate of drug-likeness (QED) is 0.460. The first-order valence-corrected chi connectivity index (χ1v) is 12.7. The molecule has 1 aliphatic carbocycles. The van der Waals surface area contributed by atoms with Gasteiger partial charge in [-0.15, -0.1) is 11.8 Å². The van der Waals surface area contributed by atoms with E-state index in [1.165, 1.54) is 6.07 Å². The number of rotatable bonds is 0. The largest absolute Gasteiger partial charge is 0.502 e. The molecule has 36 heavy (non-hydrogen) atoms. The van der Waals surface area contributed by atoms with Crippen LogP contribution in [-0.2, 0) is 5.75 Å². The molecule has 1 saturated carbocycles. The highest BCUT2D eigenvalue weighted by Crippen LogP contribution is 2.49. The molecule has 7 rings (SSSR count). The predicted molar refractivity (Wildman–Crippen MR) is 139 cm³/mol. The lowest BCUT2D eigenvalue weighted by atomic mass is 9.93. The van der Waals surface area contributed by atoms with Gasteiger partial charge in [-0.05, 0) is 42.2 Å². The molecule has 0 unspecified atom stereocenters. The summed E-state index contributed by atoms with van der Waals surface area (Å²) in [5.41, 5.74) is 2.31. The number of aromatic hydroxyl groups is 1. The zero-order valence-corrected chi connectivity index (χ0v) is 19.7. The SMILES string of the molecule is C.O=C1c2c(O)c(=O)ccn2N2CN1C1(/C=C/COc3cccc4c3[C@H]2c2ccccc2SC4)CC1. The third-order valence-electron chi connectivity index (χ3n) is 7.45. The standard InChI is InChI=1S/C27H23N3O4S.CH4/c31-19-9-13-29-24(25(19)32)26(33)28-16-30(29)23-18-6-1-2-8-21(18)35-15-17-5-3-7-20(22(17)23)34-14-4-10-27(28)11-12-27;/h1-10,13,23,32H,11-12,14-16H2;1H4/b10-4+;/t23-;/m1./s1. The van der Waals surface area contributed by atoms with Crippen molar-refractivity contribution in [1.29, 1.82) is 0 Å². The summed E-state index contributed by atoms with van der Waals surface area (Å²) in [5, 5.41) is 12.9. The lowest BCUT2D eigenvalue weighted by molar-refractivity contribution is 0.0605. The third kappa shape index (κ3) is 3.20. The van der Waals surface area contributed by atoms with Gasteiger partial charge in [0.05, 0.1) is 5.54 Å². The molecular formula is C28H27N3O4S. The molecule has 1 amide bonds. The van der Waals surface area contributed by atoms with Crippen LogP contribution in [0.1, 0.15) is 53.5 Å². The molecule has 184 valence electrons. The molecule has 1 atom stereocenters. The molecular weight excluding hydrogens is 474 g/mol. The maximum Gasteiger partial charge on any atom is 0.278 e. The highest BCUT2D eigenvalue weighted by molar-refractivity contribution is 7.98. The van der Waals surface area contributed by atoms with Crippen LogP contribution in [0.25, 0.3) is 0 Å². The van der Waals surface area contributed by atoms with Crippen molar-refractivity contribution in [1.82, 2.24) is 9.58 Å². The minimum Gasteiger partial charge on any atom is -0.502 e. The fourth-order valence-corrected chi connectivity index (χ4v) is 6.64. The van der Waals surface area contributed by atoms with Crippen molar-refractivity contribution in [3.8, 4) is 11.5 Å². The Kier molecular flexibility index (Phi) is 5.19. The van der Waals surface area contributed by atoms with Crippen LogP contribution in [-0.4, -0.2) is 39.4 Å². The summed E-state index contributed by atoms with van der Waals surface area (Å²) in [7, 11) is 0. The molecule has 4 aliphatic rings. The van der Waals surface area contributed by atoms with Crippen molar-refractivity contribution in [3.63, 3.8) is 0 Å². The number of amides is 1. The van der Waals surface area contributed by atoms with Crippen LogP contribution in [0.5, 0.6) is 11.5 Å². The maximum atomic E-state index is 13.8. The van der Waals surface area contributed by atoms with Gasteiger partial charge >= 0.3 is 0 Å². The number of carbonyl (C=O) groups is 1. The van der Waals surface area contributed by atoms with Gasteiger partial charge < -0.3 is 14.7 Å². The average molecular weight is 502 g/mol. The molecule has 1 fully saturated rings. The Morgan fingerprint density at radius 2 is 1.89 bits per heavy atom. The summed E-state index contributed by atoms with van der Waals surface area (Å²) in [6.45, 7) is 0.716. The Hall–Kier alpha value is -3.65. The monoisotopic (exact) mass is 501 g/mol. The smallest absolute Gasteiger partial charge is 0.278 e. The normalized spacial score (nSPS) is 21.6. The molecule has 2 bridgehead atoms. The second kappa shape index (κ2) is 8.20. The van der Waals surface area contributed by atoms with Gasteiger partial charge in [0.2, 0.25) is 5.43 Å². The van der Waals surface area contributed by atoms with Gasteiger partial charge in [-0.1, -0.05) is 43.8 Å². The van der Waals surface area contributed by atoms with Gasteiger partial charge in [0.15, 0.2) is 11.4 Å². The highest BCUT2D eigenvalue weighted by atomic mass is 32.2. The van der Waals surface area contributed by atoms with Crippen molar-refractivity contribution in [3.05, 3.63) is 99.5 Å². The number of pyridine rings is 1. The molecule has 0 saturated heterocycles. The van der Waals surface area contributed by atoms with Crippen LogP contribution in [0.4, 0.5) is 0 Å². The second-order valence-corrected chi connectivity index (χ2v) is 10.4. The van der Waals surface area contributed by atoms with Crippen molar-refractivity contribution >= 4 is 17.7 Å². The molecule has 3 aliphatic heterocycles. The molecule has 0 radical (unpaired) electrons. The number of nitrogens with zero attached hydrogens (tertiary/aromatic N) is 3. The Bertz CT molecular complexity index is 1480. The van der Waals surface area contributed by atoms with Crippen LogP contribution in [0.3, 0.4) is 0 Å². The van der Waals surface area contributed by atoms with Gasteiger partial charge in [0.25, 0.3) is 5.91 Å². The van der Waals surface area contributed by atoms with E-state index in [1.807, 2.05) is 35.2 Å². The van der Waals surface area contributed by atoms with Crippen LogP contribution in [0, 0.1) is 0 Å². The van der Waals surface area contributed by atoms with Crippen LogP contribution < -0.4 is 15.2 Å². The number of hydrogen-bond acceptors (Lipinski definition) is 6. The van der Waals surface area contributed by atoms with Crippen molar-refractivity contribution < 1.29 is 14.6 Å². The van der Waals surface area contributed by atoms with E-state index < -0.39 is 16.7 Å². The minimum absolute atomic E-state index is 0. The fourth-order valence-electron chi connectivity index (χ4n) is 5.55. The average Bonchev–Trinajstić information content (AvgIpc) is 3.67. The molecule has 1 N–H and O–H groups in total. The summed E-state index contributed by atoms with van der Waals surface area (Å²) in [6, 6.07) is 15.5. The number of carbonyl (C=O) groups excluding carboxylic acids is 1. The van der Waals surface area contributed by atoms with Crippen LogP contribution in [0.2, 0.25) is 0 Å². The topological polar surface area (TPSA) is 75.0 Å². The Morgan fingerprint density at radius 3 is 2.72 bits per heavy atom. The molecule has 3 aromatic rings. The first kappa shape index (κ1) is 22.8. The van der Waals surface area contributed by atoms with E-state index in [2.05, 4.69) is 29.3 Å². The van der Waals surface area contributed by atoms with E-state index in [4.69, 9.17) is 4.74 Å². The van der Waals surface area contributed by atoms with Gasteiger partial charge in [-0.25, -0.2) is 0 Å². The maximum absolute atomic E-state index is 13.8. The van der Waals surface area contributed by atoms with Crippen molar-refractivity contribution in [2.75, 3.05) is 18.3 Å². The van der Waals surface area contributed by atoms with Crippen molar-refractivity contribution in [2.24, 2.45) is 0 Å². The predicted octanol–water partition coefficient (Wildman–Crippen LogP) is 4.42. The van der Waals surface area contributed by atoms with Gasteiger partial charge in [-0.2, -0.15) is 0 Å². The minimum atomic E-state index is -0.558. The highest BCUT2D eigenvalue weighted by Gasteiger charge is 2.52. The van der Waals surface area contributed by atoms with E-state index in [-0.39, 0.29) is 25.1 Å². The van der Waals surface area contributed by atoms with E-state index in [9.17, 15) is 14.7 Å². The van der Waals surface area contributed by atoms with E-state index in [0.29, 0.717) is 13.3 Å². The summed E-state index contributed by atoms with van der Waals surface area (Å²) < 4.78 is 8.00. The van der Waals surface area contributed by atoms with Crippen LogP contribution in [0.15, 0.2) is 76.6 Å². The van der Waals surface area contributed by atoms with E-state index in [1.54, 1.807) is 22.6 Å². The molecule has 4 heterocycles. The summed E-state index contributed by atoms with van der Waals surface area (Å²) in [5.74, 6) is 0.751.